The Balaban J connectivity index is 1.30. The van der Waals surface area contributed by atoms with Gasteiger partial charge >= 0.3 is 0 Å². The number of likely N-dealkylation sites (tertiary alicyclic amines) is 1. The molecule has 0 radical (unpaired) electrons. The summed E-state index contributed by atoms with van der Waals surface area (Å²) in [5, 5.41) is 2.03. The lowest BCUT2D eigenvalue weighted by Crippen LogP contribution is -2.43. The Bertz CT molecular complexity index is 1010. The second-order valence-electron chi connectivity index (χ2n) is 7.04. The minimum Gasteiger partial charge on any atom is -0.487 e. The highest BCUT2D eigenvalue weighted by molar-refractivity contribution is 5.88. The monoisotopic (exact) mass is 397 g/mol. The Hall–Kier alpha value is -3.15. The second-order valence-corrected chi connectivity index (χ2v) is 7.04. The van der Waals surface area contributed by atoms with Crippen molar-refractivity contribution in [1.82, 2.24) is 4.90 Å². The van der Waals surface area contributed by atoms with Crippen molar-refractivity contribution in [2.45, 2.75) is 18.9 Å². The molecule has 0 aliphatic carbocycles. The molecule has 1 fully saturated rings. The summed E-state index contributed by atoms with van der Waals surface area (Å²) in [6.45, 7) is 0.975. The summed E-state index contributed by atoms with van der Waals surface area (Å²) in [7, 11) is 0. The van der Waals surface area contributed by atoms with E-state index in [0.717, 1.165) is 16.8 Å². The number of benzene rings is 3. The van der Waals surface area contributed by atoms with Crippen LogP contribution in [0.4, 0.5) is 8.78 Å². The Morgan fingerprint density at radius 3 is 2.52 bits per heavy atom. The lowest BCUT2D eigenvalue weighted by atomic mass is 10.1. The second kappa shape index (κ2) is 8.47. The van der Waals surface area contributed by atoms with Crippen LogP contribution in [0.25, 0.3) is 10.8 Å². The van der Waals surface area contributed by atoms with Crippen LogP contribution >= 0.6 is 0 Å². The molecule has 0 spiro atoms. The van der Waals surface area contributed by atoms with Crippen LogP contribution < -0.4 is 9.47 Å². The fourth-order valence-electron chi connectivity index (χ4n) is 3.53. The molecule has 3 aromatic rings. The van der Waals surface area contributed by atoms with Crippen molar-refractivity contribution in [2.24, 2.45) is 0 Å². The summed E-state index contributed by atoms with van der Waals surface area (Å²) >= 11 is 0. The van der Waals surface area contributed by atoms with Crippen molar-refractivity contribution in [3.63, 3.8) is 0 Å². The first-order valence-electron chi connectivity index (χ1n) is 9.60. The predicted octanol–water partition coefficient (Wildman–Crippen LogP) is 4.57. The van der Waals surface area contributed by atoms with Gasteiger partial charge in [-0.25, -0.2) is 8.78 Å². The van der Waals surface area contributed by atoms with Crippen molar-refractivity contribution < 1.29 is 23.0 Å². The average Bonchev–Trinajstić information content (AvgIpc) is 2.74. The summed E-state index contributed by atoms with van der Waals surface area (Å²) in [5.41, 5.74) is 0. The van der Waals surface area contributed by atoms with Gasteiger partial charge in [-0.1, -0.05) is 36.4 Å². The maximum Gasteiger partial charge on any atom is 0.260 e. The molecule has 0 atom stereocenters. The van der Waals surface area contributed by atoms with Gasteiger partial charge in [-0.3, -0.25) is 4.79 Å². The highest BCUT2D eigenvalue weighted by Crippen LogP contribution is 2.26. The normalized spacial score (nSPS) is 14.8. The maximum absolute atomic E-state index is 13.7. The fourth-order valence-corrected chi connectivity index (χ4v) is 3.53. The summed E-state index contributed by atoms with van der Waals surface area (Å²) in [4.78, 5) is 14.3. The van der Waals surface area contributed by atoms with Gasteiger partial charge in [0.15, 0.2) is 18.2 Å². The molecule has 3 aromatic carbocycles. The van der Waals surface area contributed by atoms with Gasteiger partial charge in [-0.15, -0.1) is 0 Å². The summed E-state index contributed by atoms with van der Waals surface area (Å²) in [5.74, 6) is -0.727. The summed E-state index contributed by atoms with van der Waals surface area (Å²) in [6.07, 6.45) is 0.950. The fraction of sp³-hybridized carbons (Fsp3) is 0.261. The molecule has 6 heteroatoms. The van der Waals surface area contributed by atoms with E-state index in [1.807, 2.05) is 42.5 Å². The molecule has 0 unspecified atom stereocenters. The highest BCUT2D eigenvalue weighted by atomic mass is 19.1. The number of nitrogens with zero attached hydrogens (tertiary/aromatic N) is 1. The van der Waals surface area contributed by atoms with E-state index in [1.165, 1.54) is 12.1 Å². The van der Waals surface area contributed by atoms with Gasteiger partial charge in [0.2, 0.25) is 0 Å². The van der Waals surface area contributed by atoms with E-state index in [9.17, 15) is 13.6 Å². The molecular weight excluding hydrogens is 376 g/mol. The Morgan fingerprint density at radius 1 is 0.966 bits per heavy atom. The molecular formula is C23H21F2NO3. The number of halogens is 2. The third kappa shape index (κ3) is 4.47. The quantitative estimate of drug-likeness (QED) is 0.633. The molecule has 0 saturated carbocycles. The number of rotatable bonds is 5. The number of fused-ring (bicyclic) bond motifs is 1. The zero-order valence-electron chi connectivity index (χ0n) is 15.8. The first kappa shape index (κ1) is 19.2. The minimum absolute atomic E-state index is 0.0356. The first-order chi connectivity index (χ1) is 14.1. The van der Waals surface area contributed by atoms with Gasteiger partial charge < -0.3 is 14.4 Å². The van der Waals surface area contributed by atoms with Crippen molar-refractivity contribution in [3.05, 3.63) is 72.3 Å². The van der Waals surface area contributed by atoms with E-state index >= 15 is 0 Å². The van der Waals surface area contributed by atoms with E-state index in [0.29, 0.717) is 31.7 Å². The highest BCUT2D eigenvalue weighted by Gasteiger charge is 2.25. The third-order valence-corrected chi connectivity index (χ3v) is 5.08. The van der Waals surface area contributed by atoms with Crippen LogP contribution in [0.1, 0.15) is 12.8 Å². The van der Waals surface area contributed by atoms with Crippen molar-refractivity contribution in [2.75, 3.05) is 19.7 Å². The number of carbonyl (C=O) groups is 1. The number of carbonyl (C=O) groups excluding carboxylic acids is 1. The minimum atomic E-state index is -0.716. The van der Waals surface area contributed by atoms with Crippen LogP contribution in [0.3, 0.4) is 0 Å². The molecule has 29 heavy (non-hydrogen) atoms. The first-order valence-corrected chi connectivity index (χ1v) is 9.60. The van der Waals surface area contributed by atoms with Crippen LogP contribution in [-0.2, 0) is 4.79 Å². The molecule has 1 saturated heterocycles. The number of hydrogen-bond donors (Lipinski definition) is 0. The zero-order valence-corrected chi connectivity index (χ0v) is 15.8. The standard InChI is InChI=1S/C23H21F2NO3/c24-17-8-9-22(20(25)14-17)29-18-10-12-26(13-11-18)23(27)15-28-21-7-3-5-16-4-1-2-6-19(16)21/h1-9,14,18H,10-13,15H2. The predicted molar refractivity (Wildman–Crippen MR) is 106 cm³/mol. The number of piperidine rings is 1. The number of hydrogen-bond acceptors (Lipinski definition) is 3. The smallest absolute Gasteiger partial charge is 0.260 e. The lowest BCUT2D eigenvalue weighted by molar-refractivity contribution is -0.135. The van der Waals surface area contributed by atoms with Gasteiger partial charge in [0.25, 0.3) is 5.91 Å². The molecule has 1 heterocycles. The Labute approximate surface area is 167 Å². The molecule has 0 N–H and O–H groups in total. The van der Waals surface area contributed by atoms with Crippen molar-refractivity contribution >= 4 is 16.7 Å². The van der Waals surface area contributed by atoms with Gasteiger partial charge in [-0.2, -0.15) is 0 Å². The molecule has 1 aliphatic heterocycles. The molecule has 4 rings (SSSR count). The van der Waals surface area contributed by atoms with Crippen LogP contribution in [0.2, 0.25) is 0 Å². The molecule has 150 valence electrons. The molecule has 1 amide bonds. The largest absolute Gasteiger partial charge is 0.487 e. The van der Waals surface area contributed by atoms with Crippen LogP contribution in [0.15, 0.2) is 60.7 Å². The molecule has 0 aromatic heterocycles. The third-order valence-electron chi connectivity index (χ3n) is 5.08. The Kier molecular flexibility index (Phi) is 5.60. The van der Waals surface area contributed by atoms with E-state index in [2.05, 4.69) is 0 Å². The molecule has 0 bridgehead atoms. The average molecular weight is 397 g/mol. The van der Waals surface area contributed by atoms with Crippen LogP contribution in [-0.4, -0.2) is 36.6 Å². The molecule has 1 aliphatic rings. The Morgan fingerprint density at radius 2 is 1.72 bits per heavy atom. The zero-order chi connectivity index (χ0) is 20.2. The molecule has 4 nitrogen and oxygen atoms in total. The maximum atomic E-state index is 13.7. The topological polar surface area (TPSA) is 38.8 Å². The van der Waals surface area contributed by atoms with E-state index in [1.54, 1.807) is 4.90 Å². The number of amides is 1. The summed E-state index contributed by atoms with van der Waals surface area (Å²) in [6, 6.07) is 16.9. The SMILES string of the molecule is O=C(COc1cccc2ccccc12)N1CCC(Oc2ccc(F)cc2F)CC1. The van der Waals surface area contributed by atoms with E-state index < -0.39 is 11.6 Å². The number of ether oxygens (including phenoxy) is 2. The van der Waals surface area contributed by atoms with Gasteiger partial charge in [0, 0.05) is 37.4 Å². The lowest BCUT2D eigenvalue weighted by Gasteiger charge is -2.32. The van der Waals surface area contributed by atoms with Crippen LogP contribution in [0, 0.1) is 11.6 Å². The van der Waals surface area contributed by atoms with Gasteiger partial charge in [0.05, 0.1) is 0 Å². The van der Waals surface area contributed by atoms with Crippen LogP contribution in [0.5, 0.6) is 11.5 Å². The summed E-state index contributed by atoms with van der Waals surface area (Å²) < 4.78 is 38.1. The van der Waals surface area contributed by atoms with E-state index in [-0.39, 0.29) is 24.4 Å². The van der Waals surface area contributed by atoms with Crippen molar-refractivity contribution in [1.29, 1.82) is 0 Å². The van der Waals surface area contributed by atoms with E-state index in [4.69, 9.17) is 9.47 Å². The van der Waals surface area contributed by atoms with Crippen molar-refractivity contribution in [3.8, 4) is 11.5 Å². The van der Waals surface area contributed by atoms with Gasteiger partial charge in [-0.05, 0) is 23.6 Å². The van der Waals surface area contributed by atoms with Gasteiger partial charge in [0.1, 0.15) is 17.7 Å².